The molecule has 1 fully saturated rings. The van der Waals surface area contributed by atoms with Gasteiger partial charge in [-0.25, -0.2) is 0 Å². The number of aliphatic carboxylic acids is 1. The molecule has 1 heterocycles. The fraction of sp³-hybridized carbons (Fsp3) is 0.381. The molecule has 3 rings (SSSR count). The number of likely N-dealkylation sites (tertiary alicyclic amines) is 1. The molecular formula is C21H22F3NO3. The molecule has 2 unspecified atom stereocenters. The standard InChI is InChI=1S/C21H22F3NO3/c1-28-15-8-6-7-14(13-15)19(25-12-5-4-11-18(25)20(26)27)16-9-2-3-10-17(16)21(22,23)24/h2-3,6-10,13,18-19H,4-5,11-12H2,1H3,(H,26,27). The highest BCUT2D eigenvalue weighted by molar-refractivity contribution is 5.73. The Kier molecular flexibility index (Phi) is 5.93. The van der Waals surface area contributed by atoms with E-state index >= 15 is 0 Å². The Hall–Kier alpha value is -2.54. The topological polar surface area (TPSA) is 49.8 Å². The first-order chi connectivity index (χ1) is 13.3. The second-order valence-corrected chi connectivity index (χ2v) is 6.85. The van der Waals surface area contributed by atoms with E-state index in [0.29, 0.717) is 24.3 Å². The summed E-state index contributed by atoms with van der Waals surface area (Å²) in [5.74, 6) is -0.507. The van der Waals surface area contributed by atoms with Crippen LogP contribution in [-0.2, 0) is 11.0 Å². The number of piperidine rings is 1. The SMILES string of the molecule is COc1cccc(C(c2ccccc2C(F)(F)F)N2CCCCC2C(=O)O)c1. The number of carboxylic acids is 1. The molecule has 2 aromatic carbocycles. The van der Waals surface area contributed by atoms with E-state index in [1.807, 2.05) is 0 Å². The Bertz CT molecular complexity index is 838. The van der Waals surface area contributed by atoms with Crippen LogP contribution in [0.1, 0.15) is 42.0 Å². The lowest BCUT2D eigenvalue weighted by molar-refractivity contribution is -0.145. The number of alkyl halides is 3. The number of hydrogen-bond donors (Lipinski definition) is 1. The lowest BCUT2D eigenvalue weighted by atomic mass is 9.89. The summed E-state index contributed by atoms with van der Waals surface area (Å²) in [5, 5.41) is 9.69. The van der Waals surface area contributed by atoms with Crippen LogP contribution in [0.4, 0.5) is 13.2 Å². The highest BCUT2D eigenvalue weighted by atomic mass is 19.4. The molecule has 7 heteroatoms. The molecular weight excluding hydrogens is 371 g/mol. The van der Waals surface area contributed by atoms with Crippen LogP contribution in [0, 0.1) is 0 Å². The average Bonchev–Trinajstić information content (AvgIpc) is 2.68. The Balaban J connectivity index is 2.19. The van der Waals surface area contributed by atoms with Crippen LogP contribution < -0.4 is 4.74 Å². The Morgan fingerprint density at radius 1 is 1.18 bits per heavy atom. The molecule has 0 radical (unpaired) electrons. The highest BCUT2D eigenvalue weighted by Crippen LogP contribution is 2.41. The maximum absolute atomic E-state index is 13.7. The third kappa shape index (κ3) is 4.14. The van der Waals surface area contributed by atoms with Crippen LogP contribution in [0.3, 0.4) is 0 Å². The van der Waals surface area contributed by atoms with Crippen LogP contribution in [0.25, 0.3) is 0 Å². The molecule has 150 valence electrons. The molecule has 1 N–H and O–H groups in total. The fourth-order valence-electron chi connectivity index (χ4n) is 3.88. The van der Waals surface area contributed by atoms with Gasteiger partial charge in [0.1, 0.15) is 11.8 Å². The molecule has 0 amide bonds. The van der Waals surface area contributed by atoms with Gasteiger partial charge in [-0.15, -0.1) is 0 Å². The summed E-state index contributed by atoms with van der Waals surface area (Å²) in [7, 11) is 1.48. The van der Waals surface area contributed by atoms with E-state index in [4.69, 9.17) is 4.74 Å². The van der Waals surface area contributed by atoms with Crippen molar-refractivity contribution in [1.29, 1.82) is 0 Å². The Morgan fingerprint density at radius 3 is 2.61 bits per heavy atom. The van der Waals surface area contributed by atoms with Gasteiger partial charge in [0.25, 0.3) is 0 Å². The van der Waals surface area contributed by atoms with E-state index in [9.17, 15) is 23.1 Å². The van der Waals surface area contributed by atoms with Crippen LogP contribution >= 0.6 is 0 Å². The number of hydrogen-bond acceptors (Lipinski definition) is 3. The summed E-state index contributed by atoms with van der Waals surface area (Å²) < 4.78 is 46.4. The van der Waals surface area contributed by atoms with E-state index < -0.39 is 29.8 Å². The van der Waals surface area contributed by atoms with Gasteiger partial charge >= 0.3 is 12.1 Å². The van der Waals surface area contributed by atoms with Crippen molar-refractivity contribution >= 4 is 5.97 Å². The normalized spacial score (nSPS) is 19.2. The highest BCUT2D eigenvalue weighted by Gasteiger charge is 2.40. The van der Waals surface area contributed by atoms with Gasteiger partial charge in [0, 0.05) is 0 Å². The number of ether oxygens (including phenoxy) is 1. The van der Waals surface area contributed by atoms with Crippen molar-refractivity contribution in [2.45, 2.75) is 37.5 Å². The quantitative estimate of drug-likeness (QED) is 0.797. The molecule has 1 aliphatic heterocycles. The second kappa shape index (κ2) is 8.22. The molecule has 0 saturated carbocycles. The zero-order valence-corrected chi connectivity index (χ0v) is 15.4. The average molecular weight is 393 g/mol. The minimum Gasteiger partial charge on any atom is -0.497 e. The zero-order chi connectivity index (χ0) is 20.3. The second-order valence-electron chi connectivity index (χ2n) is 6.85. The van der Waals surface area contributed by atoms with Gasteiger partial charge in [-0.1, -0.05) is 36.8 Å². The van der Waals surface area contributed by atoms with E-state index in [0.717, 1.165) is 18.9 Å². The molecule has 2 aromatic rings. The number of nitrogens with zero attached hydrogens (tertiary/aromatic N) is 1. The maximum Gasteiger partial charge on any atom is 0.416 e. The van der Waals surface area contributed by atoms with E-state index in [1.165, 1.54) is 19.2 Å². The van der Waals surface area contributed by atoms with Crippen molar-refractivity contribution in [2.24, 2.45) is 0 Å². The number of rotatable bonds is 5. The summed E-state index contributed by atoms with van der Waals surface area (Å²) in [6.07, 6.45) is -2.66. The van der Waals surface area contributed by atoms with Gasteiger partial charge in [-0.2, -0.15) is 13.2 Å². The summed E-state index contributed by atoms with van der Waals surface area (Å²) in [5.41, 5.74) is -0.127. The summed E-state index contributed by atoms with van der Waals surface area (Å²) in [4.78, 5) is 13.5. The summed E-state index contributed by atoms with van der Waals surface area (Å²) in [6.45, 7) is 0.408. The third-order valence-corrected chi connectivity index (χ3v) is 5.13. The van der Waals surface area contributed by atoms with Crippen LogP contribution in [0.2, 0.25) is 0 Å². The molecule has 1 saturated heterocycles. The van der Waals surface area contributed by atoms with Crippen molar-refractivity contribution in [3.63, 3.8) is 0 Å². The monoisotopic (exact) mass is 393 g/mol. The zero-order valence-electron chi connectivity index (χ0n) is 15.4. The maximum atomic E-state index is 13.7. The molecule has 0 bridgehead atoms. The van der Waals surface area contributed by atoms with Crippen LogP contribution in [-0.4, -0.2) is 35.7 Å². The Labute approximate surface area is 161 Å². The number of methoxy groups -OCH3 is 1. The van der Waals surface area contributed by atoms with Crippen molar-refractivity contribution in [3.05, 3.63) is 65.2 Å². The van der Waals surface area contributed by atoms with Gasteiger partial charge in [-0.3, -0.25) is 9.69 Å². The molecule has 0 spiro atoms. The first-order valence-electron chi connectivity index (χ1n) is 9.11. The summed E-state index contributed by atoms with van der Waals surface area (Å²) >= 11 is 0. The molecule has 2 atom stereocenters. The first kappa shape index (κ1) is 20.2. The van der Waals surface area contributed by atoms with Gasteiger partial charge in [0.05, 0.1) is 18.7 Å². The van der Waals surface area contributed by atoms with Crippen LogP contribution in [0.5, 0.6) is 5.75 Å². The van der Waals surface area contributed by atoms with E-state index in [-0.39, 0.29) is 5.56 Å². The number of benzene rings is 2. The van der Waals surface area contributed by atoms with Gasteiger partial charge in [0.15, 0.2) is 0 Å². The third-order valence-electron chi connectivity index (χ3n) is 5.13. The molecule has 0 aromatic heterocycles. The van der Waals surface area contributed by atoms with Crippen molar-refractivity contribution < 1.29 is 27.8 Å². The number of carboxylic acid groups (broad SMARTS) is 1. The van der Waals surface area contributed by atoms with E-state index in [1.54, 1.807) is 35.2 Å². The van der Waals surface area contributed by atoms with Crippen LogP contribution in [0.15, 0.2) is 48.5 Å². The van der Waals surface area contributed by atoms with Gasteiger partial charge in [0.2, 0.25) is 0 Å². The molecule has 28 heavy (non-hydrogen) atoms. The van der Waals surface area contributed by atoms with Gasteiger partial charge < -0.3 is 9.84 Å². The molecule has 0 aliphatic carbocycles. The molecule has 4 nitrogen and oxygen atoms in total. The summed E-state index contributed by atoms with van der Waals surface area (Å²) in [6, 6.07) is 10.5. The predicted octanol–water partition coefficient (Wildman–Crippen LogP) is 4.74. The number of carbonyl (C=O) groups is 1. The van der Waals surface area contributed by atoms with Crippen molar-refractivity contribution in [3.8, 4) is 5.75 Å². The Morgan fingerprint density at radius 2 is 1.93 bits per heavy atom. The minimum atomic E-state index is -4.54. The smallest absolute Gasteiger partial charge is 0.416 e. The largest absolute Gasteiger partial charge is 0.497 e. The minimum absolute atomic E-state index is 0.0522. The van der Waals surface area contributed by atoms with Crippen molar-refractivity contribution in [1.82, 2.24) is 4.90 Å². The number of halogens is 3. The van der Waals surface area contributed by atoms with E-state index in [2.05, 4.69) is 0 Å². The molecule has 1 aliphatic rings. The van der Waals surface area contributed by atoms with Gasteiger partial charge in [-0.05, 0) is 48.7 Å². The lowest BCUT2D eigenvalue weighted by Gasteiger charge is -2.40. The van der Waals surface area contributed by atoms with Crippen molar-refractivity contribution in [2.75, 3.05) is 13.7 Å². The first-order valence-corrected chi connectivity index (χ1v) is 9.11. The predicted molar refractivity (Wildman–Crippen MR) is 98.3 cm³/mol. The lowest BCUT2D eigenvalue weighted by Crippen LogP contribution is -2.47. The fourth-order valence-corrected chi connectivity index (χ4v) is 3.88.